The van der Waals surface area contributed by atoms with Gasteiger partial charge < -0.3 is 29.9 Å². The van der Waals surface area contributed by atoms with E-state index in [0.717, 1.165) is 117 Å². The van der Waals surface area contributed by atoms with E-state index in [4.69, 9.17) is 19.7 Å². The van der Waals surface area contributed by atoms with E-state index in [0.29, 0.717) is 12.8 Å². The van der Waals surface area contributed by atoms with Crippen molar-refractivity contribution in [2.75, 3.05) is 26.4 Å². The Morgan fingerprint density at radius 1 is 0.548 bits per heavy atom. The summed E-state index contributed by atoms with van der Waals surface area (Å²) in [5, 5.41) is 43.1. The first-order chi connectivity index (χ1) is 20.6. The Morgan fingerprint density at radius 3 is 1.45 bits per heavy atom. The maximum absolute atomic E-state index is 10.7. The fraction of sp³-hybridized carbons (Fsp3) is 0.611. The van der Waals surface area contributed by atoms with Crippen LogP contribution in [0.4, 0.5) is 0 Å². The standard InChI is InChI=1S/C36H54O6/c1-2-28-21-22-33-34(25-28)36(42-27-30(40)18-12-8-4-6-10-16-24-38)32-20-14-13-19-31(32)35(33)41-26-29(39)17-11-7-3-5-9-15-23-37/h13-14,19-22,25,29-30,37-40H,2-12,15-18,23-24,26-27H2,1H3. The van der Waals surface area contributed by atoms with Crippen LogP contribution in [0.3, 0.4) is 0 Å². The van der Waals surface area contributed by atoms with Crippen LogP contribution >= 0.6 is 0 Å². The molecular weight excluding hydrogens is 528 g/mol. The van der Waals surface area contributed by atoms with Crippen LogP contribution in [-0.4, -0.2) is 59.1 Å². The summed E-state index contributed by atoms with van der Waals surface area (Å²) in [6.45, 7) is 3.14. The van der Waals surface area contributed by atoms with Gasteiger partial charge in [-0.15, -0.1) is 0 Å². The average Bonchev–Trinajstić information content (AvgIpc) is 3.01. The number of ether oxygens (including phenoxy) is 2. The molecule has 6 nitrogen and oxygen atoms in total. The van der Waals surface area contributed by atoms with Crippen molar-refractivity contribution in [2.24, 2.45) is 0 Å². The van der Waals surface area contributed by atoms with Gasteiger partial charge in [0, 0.05) is 34.8 Å². The van der Waals surface area contributed by atoms with Crippen LogP contribution in [0.15, 0.2) is 42.5 Å². The van der Waals surface area contributed by atoms with Crippen LogP contribution in [0.1, 0.15) is 102 Å². The van der Waals surface area contributed by atoms with Gasteiger partial charge in [0.1, 0.15) is 24.7 Å². The molecule has 3 rings (SSSR count). The molecule has 6 heteroatoms. The number of fused-ring (bicyclic) bond motifs is 2. The van der Waals surface area contributed by atoms with Crippen molar-refractivity contribution < 1.29 is 29.9 Å². The summed E-state index contributed by atoms with van der Waals surface area (Å²) in [7, 11) is 0. The number of hydrogen-bond acceptors (Lipinski definition) is 6. The summed E-state index contributed by atoms with van der Waals surface area (Å²) < 4.78 is 12.8. The molecular formula is C36H54O6. The Hall–Kier alpha value is -2.38. The van der Waals surface area contributed by atoms with Gasteiger partial charge in [0.15, 0.2) is 0 Å². The van der Waals surface area contributed by atoms with Gasteiger partial charge in [-0.25, -0.2) is 0 Å². The number of benzene rings is 3. The molecule has 0 heterocycles. The van der Waals surface area contributed by atoms with Crippen LogP contribution in [0.2, 0.25) is 0 Å². The quantitative estimate of drug-likeness (QED) is 0.0683. The molecule has 0 aliphatic carbocycles. The van der Waals surface area contributed by atoms with E-state index < -0.39 is 12.2 Å². The summed E-state index contributed by atoms with van der Waals surface area (Å²) in [6, 6.07) is 14.4. The predicted molar refractivity (Wildman–Crippen MR) is 173 cm³/mol. The second-order valence-electron chi connectivity index (χ2n) is 11.6. The molecule has 0 spiro atoms. The fourth-order valence-electron chi connectivity index (χ4n) is 5.60. The molecule has 0 fully saturated rings. The summed E-state index contributed by atoms with van der Waals surface area (Å²) in [5.74, 6) is 1.54. The largest absolute Gasteiger partial charge is 0.490 e. The predicted octanol–water partition coefficient (Wildman–Crippen LogP) is 7.48. The number of aryl methyl sites for hydroxylation is 1. The third kappa shape index (κ3) is 11.0. The maximum Gasteiger partial charge on any atom is 0.135 e. The van der Waals surface area contributed by atoms with Crippen molar-refractivity contribution in [3.8, 4) is 11.5 Å². The minimum absolute atomic E-state index is 0.234. The van der Waals surface area contributed by atoms with Crippen molar-refractivity contribution >= 4 is 21.5 Å². The van der Waals surface area contributed by atoms with Crippen LogP contribution in [0, 0.1) is 0 Å². The highest BCUT2D eigenvalue weighted by Gasteiger charge is 2.18. The summed E-state index contributed by atoms with van der Waals surface area (Å²) >= 11 is 0. The first kappa shape index (κ1) is 34.1. The molecule has 0 radical (unpaired) electrons. The Balaban J connectivity index is 1.68. The van der Waals surface area contributed by atoms with E-state index in [1.165, 1.54) is 5.56 Å². The monoisotopic (exact) mass is 582 g/mol. The van der Waals surface area contributed by atoms with Gasteiger partial charge >= 0.3 is 0 Å². The molecule has 3 aromatic rings. The molecule has 2 unspecified atom stereocenters. The minimum Gasteiger partial charge on any atom is -0.490 e. The van der Waals surface area contributed by atoms with Crippen molar-refractivity contribution in [1.29, 1.82) is 0 Å². The van der Waals surface area contributed by atoms with E-state index in [2.05, 4.69) is 25.1 Å². The summed E-state index contributed by atoms with van der Waals surface area (Å²) in [5.41, 5.74) is 1.20. The topological polar surface area (TPSA) is 99.4 Å². The van der Waals surface area contributed by atoms with Gasteiger partial charge in [-0.05, 0) is 43.7 Å². The Bertz CT molecular complexity index is 1160. The third-order valence-electron chi connectivity index (χ3n) is 8.13. The summed E-state index contributed by atoms with van der Waals surface area (Å²) in [4.78, 5) is 0. The zero-order valence-corrected chi connectivity index (χ0v) is 25.7. The normalized spacial score (nSPS) is 13.1. The Morgan fingerprint density at radius 2 is 0.976 bits per heavy atom. The van der Waals surface area contributed by atoms with Gasteiger partial charge in [-0.3, -0.25) is 0 Å². The first-order valence-electron chi connectivity index (χ1n) is 16.4. The molecule has 3 aromatic carbocycles. The van der Waals surface area contributed by atoms with Crippen LogP contribution in [0.5, 0.6) is 11.5 Å². The first-order valence-corrected chi connectivity index (χ1v) is 16.4. The molecule has 2 atom stereocenters. The van der Waals surface area contributed by atoms with E-state index in [-0.39, 0.29) is 26.4 Å². The molecule has 4 N–H and O–H groups in total. The van der Waals surface area contributed by atoms with E-state index in [9.17, 15) is 10.2 Å². The number of unbranched alkanes of at least 4 members (excludes halogenated alkanes) is 10. The van der Waals surface area contributed by atoms with Crippen molar-refractivity contribution in [3.63, 3.8) is 0 Å². The van der Waals surface area contributed by atoms with Crippen LogP contribution in [0.25, 0.3) is 21.5 Å². The lowest BCUT2D eigenvalue weighted by Gasteiger charge is -2.21. The highest BCUT2D eigenvalue weighted by Crippen LogP contribution is 2.43. The lowest BCUT2D eigenvalue weighted by Crippen LogP contribution is -2.18. The second kappa shape index (κ2) is 19.7. The average molecular weight is 583 g/mol. The lowest BCUT2D eigenvalue weighted by molar-refractivity contribution is 0.0978. The molecule has 0 saturated carbocycles. The SMILES string of the molecule is CCc1ccc2c(OCC(O)CCCCCCCCO)c3ccccc3c(OCC(O)CCCCCCCCO)c2c1. The van der Waals surface area contributed by atoms with E-state index >= 15 is 0 Å². The van der Waals surface area contributed by atoms with Gasteiger partial charge in [-0.1, -0.05) is 108 Å². The molecule has 0 aromatic heterocycles. The highest BCUT2D eigenvalue weighted by atomic mass is 16.5. The zero-order chi connectivity index (χ0) is 30.0. The number of rotatable bonds is 23. The van der Waals surface area contributed by atoms with Gasteiger partial charge in [0.25, 0.3) is 0 Å². The summed E-state index contributed by atoms with van der Waals surface area (Å²) in [6.07, 6.45) is 13.7. The molecule has 0 amide bonds. The van der Waals surface area contributed by atoms with E-state index in [1.807, 2.05) is 24.3 Å². The van der Waals surface area contributed by atoms with Gasteiger partial charge in [0.05, 0.1) is 12.2 Å². The molecule has 0 aliphatic rings. The van der Waals surface area contributed by atoms with Crippen LogP contribution < -0.4 is 9.47 Å². The second-order valence-corrected chi connectivity index (χ2v) is 11.6. The van der Waals surface area contributed by atoms with Gasteiger partial charge in [-0.2, -0.15) is 0 Å². The number of aliphatic hydroxyl groups is 4. The van der Waals surface area contributed by atoms with Crippen molar-refractivity contribution in [1.82, 2.24) is 0 Å². The third-order valence-corrected chi connectivity index (χ3v) is 8.13. The van der Waals surface area contributed by atoms with Crippen molar-refractivity contribution in [3.05, 3.63) is 48.0 Å². The molecule has 0 aliphatic heterocycles. The molecule has 0 saturated heterocycles. The highest BCUT2D eigenvalue weighted by molar-refractivity contribution is 6.11. The smallest absolute Gasteiger partial charge is 0.135 e. The zero-order valence-electron chi connectivity index (χ0n) is 25.7. The van der Waals surface area contributed by atoms with Gasteiger partial charge in [0.2, 0.25) is 0 Å². The maximum atomic E-state index is 10.7. The number of hydrogen-bond donors (Lipinski definition) is 4. The van der Waals surface area contributed by atoms with E-state index in [1.54, 1.807) is 0 Å². The minimum atomic E-state index is -0.536. The van der Waals surface area contributed by atoms with Crippen molar-refractivity contribution in [2.45, 2.75) is 115 Å². The number of aliphatic hydroxyl groups excluding tert-OH is 4. The Labute approximate surface area is 252 Å². The fourth-order valence-corrected chi connectivity index (χ4v) is 5.60. The van der Waals surface area contributed by atoms with Crippen LogP contribution in [-0.2, 0) is 6.42 Å². The molecule has 234 valence electrons. The Kier molecular flexibility index (Phi) is 16.0. The lowest BCUT2D eigenvalue weighted by atomic mass is 9.98. The molecule has 42 heavy (non-hydrogen) atoms. The molecule has 0 bridgehead atoms.